The molecule has 3 nitrogen and oxygen atoms in total. The Balaban J connectivity index is 2.06. The monoisotopic (exact) mass is 259 g/mol. The van der Waals surface area contributed by atoms with Crippen LogP contribution in [0, 0.1) is 0 Å². The maximum atomic E-state index is 4.69. The third-order valence-corrected chi connectivity index (χ3v) is 2.83. The van der Waals surface area contributed by atoms with E-state index in [1.807, 2.05) is 66.8 Å². The molecule has 0 bridgehead atoms. The van der Waals surface area contributed by atoms with Crippen molar-refractivity contribution in [1.29, 1.82) is 0 Å². The van der Waals surface area contributed by atoms with E-state index in [2.05, 4.69) is 9.97 Å². The summed E-state index contributed by atoms with van der Waals surface area (Å²) < 4.78 is 0. The third kappa shape index (κ3) is 2.78. The lowest BCUT2D eigenvalue weighted by molar-refractivity contribution is 1.25. The van der Waals surface area contributed by atoms with Crippen LogP contribution < -0.4 is 0 Å². The van der Waals surface area contributed by atoms with Crippen LogP contribution in [0.5, 0.6) is 0 Å². The van der Waals surface area contributed by atoms with Crippen LogP contribution in [0.4, 0.5) is 0 Å². The molecule has 0 aliphatic carbocycles. The van der Waals surface area contributed by atoms with Gasteiger partial charge in [-0.3, -0.25) is 9.97 Å². The highest BCUT2D eigenvalue weighted by Crippen LogP contribution is 2.16. The summed E-state index contributed by atoms with van der Waals surface area (Å²) in [6.07, 6.45) is 13.3. The first-order valence-corrected chi connectivity index (χ1v) is 6.40. The minimum Gasteiger partial charge on any atom is -0.255 e. The zero-order valence-electron chi connectivity index (χ0n) is 10.8. The first kappa shape index (κ1) is 12.2. The highest BCUT2D eigenvalue weighted by molar-refractivity contribution is 6.09. The van der Waals surface area contributed by atoms with E-state index in [0.29, 0.717) is 0 Å². The van der Waals surface area contributed by atoms with Gasteiger partial charge in [-0.15, -0.1) is 0 Å². The SMILES string of the molecule is C1=C/C=C(/c2ccccn2)N=C(c2ccccn2)C=C1. The van der Waals surface area contributed by atoms with E-state index in [-0.39, 0.29) is 0 Å². The van der Waals surface area contributed by atoms with Crippen LogP contribution in [0.15, 0.2) is 84.2 Å². The molecule has 0 unspecified atom stereocenters. The van der Waals surface area contributed by atoms with E-state index in [1.165, 1.54) is 0 Å². The van der Waals surface area contributed by atoms with Gasteiger partial charge in [-0.2, -0.15) is 0 Å². The van der Waals surface area contributed by atoms with Crippen molar-refractivity contribution in [3.63, 3.8) is 0 Å². The molecule has 0 aromatic carbocycles. The van der Waals surface area contributed by atoms with Crippen molar-refractivity contribution >= 4 is 11.4 Å². The lowest BCUT2D eigenvalue weighted by Crippen LogP contribution is -2.01. The Bertz CT molecular complexity index is 655. The number of aliphatic imine (C=N–C) groups is 1. The van der Waals surface area contributed by atoms with Crippen molar-refractivity contribution in [2.75, 3.05) is 0 Å². The zero-order valence-corrected chi connectivity index (χ0v) is 10.8. The van der Waals surface area contributed by atoms with E-state index < -0.39 is 0 Å². The Morgan fingerprint density at radius 1 is 0.700 bits per heavy atom. The topological polar surface area (TPSA) is 38.1 Å². The van der Waals surface area contributed by atoms with Gasteiger partial charge in [-0.05, 0) is 36.4 Å². The molecule has 20 heavy (non-hydrogen) atoms. The molecule has 0 saturated heterocycles. The molecular weight excluding hydrogens is 246 g/mol. The molecular formula is C17H13N3. The van der Waals surface area contributed by atoms with Gasteiger partial charge >= 0.3 is 0 Å². The van der Waals surface area contributed by atoms with Gasteiger partial charge in [-0.25, -0.2) is 4.99 Å². The average molecular weight is 259 g/mol. The standard InChI is InChI=1S/C17H13N3/c1-2-10-16(14-8-4-6-12-18-14)20-17(11-3-1)15-9-5-7-13-19-15/h1-13H/b2-1?,3-1?,10-2?,11-3?,16-10-,17-11?,20-16?,20-17?. The molecule has 0 atom stereocenters. The Hall–Kier alpha value is -2.81. The fourth-order valence-electron chi connectivity index (χ4n) is 1.88. The molecule has 2 aromatic heterocycles. The van der Waals surface area contributed by atoms with Crippen molar-refractivity contribution in [2.24, 2.45) is 4.99 Å². The molecule has 0 fully saturated rings. The van der Waals surface area contributed by atoms with Crippen molar-refractivity contribution in [3.05, 3.63) is 90.6 Å². The van der Waals surface area contributed by atoms with Crippen LogP contribution in [0.2, 0.25) is 0 Å². The summed E-state index contributed by atoms with van der Waals surface area (Å²) >= 11 is 0. The summed E-state index contributed by atoms with van der Waals surface area (Å²) in [4.78, 5) is 13.4. The quantitative estimate of drug-likeness (QED) is 0.828. The Labute approximate surface area is 117 Å². The van der Waals surface area contributed by atoms with Crippen LogP contribution in [0.3, 0.4) is 0 Å². The Morgan fingerprint density at radius 2 is 1.45 bits per heavy atom. The molecule has 96 valence electrons. The lowest BCUT2D eigenvalue weighted by Gasteiger charge is -2.05. The molecule has 1 aliphatic rings. The van der Waals surface area contributed by atoms with E-state index in [4.69, 9.17) is 4.99 Å². The Morgan fingerprint density at radius 3 is 2.15 bits per heavy atom. The van der Waals surface area contributed by atoms with Gasteiger partial charge in [0.2, 0.25) is 0 Å². The second kappa shape index (κ2) is 5.89. The number of aromatic nitrogens is 2. The fourth-order valence-corrected chi connectivity index (χ4v) is 1.88. The lowest BCUT2D eigenvalue weighted by atomic mass is 10.1. The van der Waals surface area contributed by atoms with E-state index in [0.717, 1.165) is 22.8 Å². The minimum atomic E-state index is 0.826. The molecule has 0 radical (unpaired) electrons. The number of nitrogens with zero attached hydrogens (tertiary/aromatic N) is 3. The van der Waals surface area contributed by atoms with Gasteiger partial charge in [0, 0.05) is 12.4 Å². The predicted octanol–water partition coefficient (Wildman–Crippen LogP) is 3.43. The number of hydrogen-bond donors (Lipinski definition) is 0. The number of allylic oxidation sites excluding steroid dienone is 5. The van der Waals surface area contributed by atoms with Gasteiger partial charge < -0.3 is 0 Å². The summed E-state index contributed by atoms with van der Waals surface area (Å²) in [7, 11) is 0. The minimum absolute atomic E-state index is 0.826. The number of hydrogen-bond acceptors (Lipinski definition) is 3. The van der Waals surface area contributed by atoms with Crippen molar-refractivity contribution < 1.29 is 0 Å². The van der Waals surface area contributed by atoms with Crippen LogP contribution in [0.1, 0.15) is 11.4 Å². The molecule has 0 spiro atoms. The highest BCUT2D eigenvalue weighted by Gasteiger charge is 2.06. The summed E-state index contributed by atoms with van der Waals surface area (Å²) in [6.45, 7) is 0. The second-order valence-electron chi connectivity index (χ2n) is 4.22. The molecule has 3 heterocycles. The normalized spacial score (nSPS) is 16.8. The molecule has 1 aliphatic heterocycles. The summed E-state index contributed by atoms with van der Waals surface area (Å²) in [6, 6.07) is 11.6. The van der Waals surface area contributed by atoms with Crippen molar-refractivity contribution in [1.82, 2.24) is 9.97 Å². The molecule has 2 aromatic rings. The molecule has 0 saturated carbocycles. The van der Waals surface area contributed by atoms with E-state index in [1.54, 1.807) is 12.4 Å². The van der Waals surface area contributed by atoms with Gasteiger partial charge in [-0.1, -0.05) is 30.4 Å². The molecule has 3 rings (SSSR count). The Kier molecular flexibility index (Phi) is 3.60. The third-order valence-electron chi connectivity index (χ3n) is 2.83. The first-order chi connectivity index (χ1) is 9.93. The van der Waals surface area contributed by atoms with Gasteiger partial charge in [0.15, 0.2) is 0 Å². The van der Waals surface area contributed by atoms with Crippen molar-refractivity contribution in [3.8, 4) is 0 Å². The summed E-state index contributed by atoms with van der Waals surface area (Å²) in [5.41, 5.74) is 3.35. The van der Waals surface area contributed by atoms with Gasteiger partial charge in [0.1, 0.15) is 0 Å². The smallest absolute Gasteiger partial charge is 0.0894 e. The van der Waals surface area contributed by atoms with E-state index >= 15 is 0 Å². The first-order valence-electron chi connectivity index (χ1n) is 6.40. The molecule has 3 heteroatoms. The maximum Gasteiger partial charge on any atom is 0.0894 e. The van der Waals surface area contributed by atoms with Crippen LogP contribution in [0.25, 0.3) is 5.70 Å². The van der Waals surface area contributed by atoms with E-state index in [9.17, 15) is 0 Å². The fraction of sp³-hybridized carbons (Fsp3) is 0. The largest absolute Gasteiger partial charge is 0.255 e. The van der Waals surface area contributed by atoms with Crippen LogP contribution in [-0.2, 0) is 0 Å². The summed E-state index contributed by atoms with van der Waals surface area (Å²) in [5, 5.41) is 0. The van der Waals surface area contributed by atoms with Crippen molar-refractivity contribution in [2.45, 2.75) is 0 Å². The number of rotatable bonds is 2. The highest BCUT2D eigenvalue weighted by atomic mass is 14.8. The molecule has 0 amide bonds. The van der Waals surface area contributed by atoms with Crippen LogP contribution >= 0.6 is 0 Å². The van der Waals surface area contributed by atoms with Gasteiger partial charge in [0.05, 0.1) is 22.8 Å². The van der Waals surface area contributed by atoms with Gasteiger partial charge in [0.25, 0.3) is 0 Å². The number of pyridine rings is 2. The zero-order chi connectivity index (χ0) is 13.6. The molecule has 0 N–H and O–H groups in total. The second-order valence-corrected chi connectivity index (χ2v) is 4.22. The van der Waals surface area contributed by atoms with Crippen LogP contribution in [-0.4, -0.2) is 15.7 Å². The summed E-state index contributed by atoms with van der Waals surface area (Å²) in [5.74, 6) is 0. The average Bonchev–Trinajstić information content (AvgIpc) is 2.49. The maximum absolute atomic E-state index is 4.69. The predicted molar refractivity (Wildman–Crippen MR) is 81.3 cm³/mol.